The molecule has 0 aliphatic heterocycles. The first-order valence-electron chi connectivity index (χ1n) is 15.1. The second-order valence-corrected chi connectivity index (χ2v) is 15.1. The largest absolute Gasteiger partial charge is 0.460 e. The van der Waals surface area contributed by atoms with Crippen molar-refractivity contribution in [2.45, 2.75) is 84.5 Å². The molecular formula is C35H47NO6Si. The number of carbonyl (C=O) groups is 2. The van der Waals surface area contributed by atoms with Gasteiger partial charge in [-0.05, 0) is 63.4 Å². The molecule has 0 radical (unpaired) electrons. The van der Waals surface area contributed by atoms with E-state index in [4.69, 9.17) is 18.3 Å². The van der Waals surface area contributed by atoms with Crippen LogP contribution in [0.25, 0.3) is 0 Å². The van der Waals surface area contributed by atoms with Crippen molar-refractivity contribution in [3.63, 3.8) is 0 Å². The summed E-state index contributed by atoms with van der Waals surface area (Å²) >= 11 is 0. The third kappa shape index (κ3) is 12.0. The standard InChI is InChI=1S/C35H47NO6Si/c1-34(2,3)41-32(37)27-35(4,5)42-43(30-21-13-9-14-22-30,31-23-15-10-16-24-31)40-26-18-7-6-17-25-36-33(38)39-28-29-19-11-8-12-20-29/h8-16,19-24H,6-7,17-18,25-28H2,1-5H3,(H,36,38). The third-order valence-corrected chi connectivity index (χ3v) is 10.2. The molecule has 0 bridgehead atoms. The Bertz CT molecular complexity index is 1210. The number of ether oxygens (including phenoxy) is 2. The number of esters is 1. The first-order chi connectivity index (χ1) is 20.5. The molecule has 3 rings (SSSR count). The van der Waals surface area contributed by atoms with E-state index in [9.17, 15) is 9.59 Å². The van der Waals surface area contributed by atoms with Gasteiger partial charge >= 0.3 is 20.6 Å². The molecule has 3 aromatic carbocycles. The summed E-state index contributed by atoms with van der Waals surface area (Å²) in [6, 6.07) is 29.7. The molecule has 8 heteroatoms. The summed E-state index contributed by atoms with van der Waals surface area (Å²) in [7, 11) is -3.22. The van der Waals surface area contributed by atoms with Crippen LogP contribution in [0.2, 0.25) is 0 Å². The van der Waals surface area contributed by atoms with Gasteiger partial charge in [-0.3, -0.25) is 4.79 Å². The maximum absolute atomic E-state index is 12.8. The summed E-state index contributed by atoms with van der Waals surface area (Å²) in [5.41, 5.74) is -0.448. The molecule has 0 atom stereocenters. The Morgan fingerprint density at radius 2 is 1.26 bits per heavy atom. The summed E-state index contributed by atoms with van der Waals surface area (Å²) in [6.07, 6.45) is 3.26. The maximum Gasteiger partial charge on any atom is 0.407 e. The molecule has 1 N–H and O–H groups in total. The zero-order valence-electron chi connectivity index (χ0n) is 26.3. The molecule has 43 heavy (non-hydrogen) atoms. The fourth-order valence-electron chi connectivity index (χ4n) is 4.71. The van der Waals surface area contributed by atoms with Crippen LogP contribution in [0.1, 0.15) is 72.3 Å². The van der Waals surface area contributed by atoms with Gasteiger partial charge in [0.2, 0.25) is 0 Å². The lowest BCUT2D eigenvalue weighted by atomic mass is 10.1. The van der Waals surface area contributed by atoms with Crippen molar-refractivity contribution < 1.29 is 27.9 Å². The Balaban J connectivity index is 1.58. The van der Waals surface area contributed by atoms with Crippen molar-refractivity contribution in [3.8, 4) is 0 Å². The Kier molecular flexibility index (Phi) is 13.0. The van der Waals surface area contributed by atoms with Crippen LogP contribution in [0.5, 0.6) is 0 Å². The SMILES string of the molecule is CC(C)(C)OC(=O)CC(C)(C)O[Si](OCCCCCCNC(=O)OCc1ccccc1)(c1ccccc1)c1ccccc1. The van der Waals surface area contributed by atoms with E-state index >= 15 is 0 Å². The lowest BCUT2D eigenvalue weighted by molar-refractivity contribution is -0.158. The molecule has 0 unspecified atom stereocenters. The lowest BCUT2D eigenvalue weighted by Crippen LogP contribution is -2.66. The maximum atomic E-state index is 12.8. The zero-order chi connectivity index (χ0) is 31.2. The van der Waals surface area contributed by atoms with Crippen LogP contribution in [-0.2, 0) is 29.7 Å². The number of hydrogen-bond acceptors (Lipinski definition) is 6. The van der Waals surface area contributed by atoms with Crippen molar-refractivity contribution in [1.82, 2.24) is 5.32 Å². The molecule has 0 heterocycles. The Morgan fingerprint density at radius 1 is 0.721 bits per heavy atom. The van der Waals surface area contributed by atoms with Crippen LogP contribution in [0, 0.1) is 0 Å². The number of carbonyl (C=O) groups excluding carboxylic acids is 2. The minimum atomic E-state index is -3.22. The van der Waals surface area contributed by atoms with E-state index in [1.54, 1.807) is 0 Å². The van der Waals surface area contributed by atoms with E-state index in [1.165, 1.54) is 0 Å². The highest BCUT2D eigenvalue weighted by molar-refractivity contribution is 6.92. The Morgan fingerprint density at radius 3 is 1.81 bits per heavy atom. The first kappa shape index (κ1) is 34.0. The Labute approximate surface area is 258 Å². The molecule has 1 amide bonds. The van der Waals surface area contributed by atoms with Crippen molar-refractivity contribution in [2.75, 3.05) is 13.2 Å². The molecule has 0 aliphatic rings. The Hall–Kier alpha value is -3.46. The molecule has 232 valence electrons. The molecule has 0 aliphatic carbocycles. The van der Waals surface area contributed by atoms with Crippen LogP contribution in [-0.4, -0.2) is 45.0 Å². The fraction of sp³-hybridized carbons (Fsp3) is 0.429. The van der Waals surface area contributed by atoms with Gasteiger partial charge in [-0.15, -0.1) is 0 Å². The smallest absolute Gasteiger partial charge is 0.407 e. The van der Waals surface area contributed by atoms with Gasteiger partial charge in [0.1, 0.15) is 12.2 Å². The van der Waals surface area contributed by atoms with Gasteiger partial charge in [-0.2, -0.15) is 0 Å². The summed E-state index contributed by atoms with van der Waals surface area (Å²) < 4.78 is 24.7. The van der Waals surface area contributed by atoms with Crippen molar-refractivity contribution in [1.29, 1.82) is 0 Å². The van der Waals surface area contributed by atoms with Crippen molar-refractivity contribution in [2.24, 2.45) is 0 Å². The number of alkyl carbamates (subject to hydrolysis) is 1. The normalized spacial score (nSPS) is 12.0. The number of benzene rings is 3. The highest BCUT2D eigenvalue weighted by Crippen LogP contribution is 2.25. The average molecular weight is 606 g/mol. The lowest BCUT2D eigenvalue weighted by Gasteiger charge is -2.39. The second kappa shape index (κ2) is 16.4. The molecule has 3 aromatic rings. The van der Waals surface area contributed by atoms with E-state index < -0.39 is 25.9 Å². The van der Waals surface area contributed by atoms with Crippen LogP contribution in [0.3, 0.4) is 0 Å². The second-order valence-electron chi connectivity index (χ2n) is 12.2. The predicted molar refractivity (Wildman–Crippen MR) is 173 cm³/mol. The summed E-state index contributed by atoms with van der Waals surface area (Å²) in [5.74, 6) is -0.306. The van der Waals surface area contributed by atoms with E-state index in [1.807, 2.05) is 126 Å². The van der Waals surface area contributed by atoms with E-state index in [-0.39, 0.29) is 19.0 Å². The van der Waals surface area contributed by atoms with Gasteiger partial charge in [-0.1, -0.05) is 104 Å². The van der Waals surface area contributed by atoms with Gasteiger partial charge in [-0.25, -0.2) is 4.79 Å². The predicted octanol–water partition coefficient (Wildman–Crippen LogP) is 6.27. The van der Waals surface area contributed by atoms with Gasteiger partial charge in [0, 0.05) is 13.2 Å². The summed E-state index contributed by atoms with van der Waals surface area (Å²) in [5, 5.41) is 4.79. The van der Waals surface area contributed by atoms with Crippen LogP contribution in [0.15, 0.2) is 91.0 Å². The topological polar surface area (TPSA) is 83.1 Å². The molecule has 7 nitrogen and oxygen atoms in total. The number of hydrogen-bond donors (Lipinski definition) is 1. The zero-order valence-corrected chi connectivity index (χ0v) is 27.3. The highest BCUT2D eigenvalue weighted by atomic mass is 28.4. The van der Waals surface area contributed by atoms with Gasteiger partial charge in [0.25, 0.3) is 0 Å². The van der Waals surface area contributed by atoms with Gasteiger partial charge in [0.05, 0.1) is 12.0 Å². The number of unbranched alkanes of at least 4 members (excludes halogenated alkanes) is 3. The average Bonchev–Trinajstić information content (AvgIpc) is 2.97. The minimum absolute atomic E-state index is 0.100. The summed E-state index contributed by atoms with van der Waals surface area (Å²) in [4.78, 5) is 24.8. The van der Waals surface area contributed by atoms with E-state index in [2.05, 4.69) is 5.32 Å². The van der Waals surface area contributed by atoms with Crippen LogP contribution >= 0.6 is 0 Å². The highest BCUT2D eigenvalue weighted by Gasteiger charge is 2.47. The molecule has 0 saturated carbocycles. The first-order valence-corrected chi connectivity index (χ1v) is 16.9. The summed E-state index contributed by atoms with van der Waals surface area (Å²) in [6.45, 7) is 10.8. The van der Waals surface area contributed by atoms with Gasteiger partial charge < -0.3 is 23.6 Å². The van der Waals surface area contributed by atoms with Crippen LogP contribution < -0.4 is 15.7 Å². The molecule has 0 saturated heterocycles. The molecule has 0 spiro atoms. The van der Waals surface area contributed by atoms with Gasteiger partial charge in [0.15, 0.2) is 0 Å². The van der Waals surface area contributed by atoms with Crippen molar-refractivity contribution >= 4 is 31.0 Å². The monoisotopic (exact) mass is 605 g/mol. The minimum Gasteiger partial charge on any atom is -0.460 e. The van der Waals surface area contributed by atoms with Crippen LogP contribution in [0.4, 0.5) is 4.79 Å². The number of amides is 1. The molecule has 0 fully saturated rings. The van der Waals surface area contributed by atoms with E-state index in [0.717, 1.165) is 41.6 Å². The number of nitrogens with one attached hydrogen (secondary N) is 1. The quantitative estimate of drug-likeness (QED) is 0.118. The third-order valence-electron chi connectivity index (χ3n) is 6.58. The molecule has 0 aromatic heterocycles. The number of rotatable bonds is 16. The fourth-order valence-corrected chi connectivity index (χ4v) is 8.21. The van der Waals surface area contributed by atoms with E-state index in [0.29, 0.717) is 13.2 Å². The van der Waals surface area contributed by atoms with Crippen molar-refractivity contribution in [3.05, 3.63) is 96.6 Å². The molecular weight excluding hydrogens is 558 g/mol.